The molecule has 1 aromatic carbocycles. The fourth-order valence-corrected chi connectivity index (χ4v) is 2.85. The van der Waals surface area contributed by atoms with Gasteiger partial charge in [0.1, 0.15) is 11.3 Å². The van der Waals surface area contributed by atoms with Crippen LogP contribution in [0.2, 0.25) is 0 Å². The number of nitrogens with zero attached hydrogens (tertiary/aromatic N) is 3. The Morgan fingerprint density at radius 3 is 2.63 bits per heavy atom. The molecule has 2 heterocycles. The summed E-state index contributed by atoms with van der Waals surface area (Å²) in [4.78, 5) is 27.2. The van der Waals surface area contributed by atoms with E-state index in [4.69, 9.17) is 0 Å². The molecule has 2 aromatic heterocycles. The van der Waals surface area contributed by atoms with E-state index in [1.54, 1.807) is 16.5 Å². The summed E-state index contributed by atoms with van der Waals surface area (Å²) in [6, 6.07) is 10.1. The van der Waals surface area contributed by atoms with E-state index in [9.17, 15) is 14.9 Å². The van der Waals surface area contributed by atoms with Gasteiger partial charge in [0.2, 0.25) is 0 Å². The molecule has 0 unspecified atom stereocenters. The quantitative estimate of drug-likeness (QED) is 0.380. The first kappa shape index (κ1) is 18.4. The Morgan fingerprint density at radius 2 is 1.93 bits per heavy atom. The molecule has 0 aliphatic carbocycles. The van der Waals surface area contributed by atoms with Gasteiger partial charge in [-0.1, -0.05) is 0 Å². The van der Waals surface area contributed by atoms with Gasteiger partial charge in [0.15, 0.2) is 0 Å². The number of hydrogen-bond donors (Lipinski definition) is 2. The third kappa shape index (κ3) is 4.22. The van der Waals surface area contributed by atoms with E-state index in [1.807, 2.05) is 32.2 Å². The summed E-state index contributed by atoms with van der Waals surface area (Å²) in [5.41, 5.74) is 3.97. The number of aryl methyl sites for hydroxylation is 2. The maximum atomic E-state index is 12.5. The van der Waals surface area contributed by atoms with E-state index < -0.39 is 4.92 Å². The van der Waals surface area contributed by atoms with Gasteiger partial charge in [-0.2, -0.15) is 0 Å². The van der Waals surface area contributed by atoms with Crippen molar-refractivity contribution in [3.63, 3.8) is 0 Å². The number of nitrogens with one attached hydrogen (secondary N) is 2. The number of rotatable bonds is 7. The molecule has 27 heavy (non-hydrogen) atoms. The van der Waals surface area contributed by atoms with E-state index in [1.165, 1.54) is 12.1 Å². The molecule has 8 heteroatoms. The first-order valence-electron chi connectivity index (χ1n) is 8.67. The fourth-order valence-electron chi connectivity index (χ4n) is 2.85. The topological polar surface area (TPSA) is 102 Å². The van der Waals surface area contributed by atoms with Crippen LogP contribution in [0.1, 0.15) is 28.2 Å². The molecule has 2 N–H and O–H groups in total. The Balaban J connectivity index is 1.50. The minimum absolute atomic E-state index is 0.0615. The van der Waals surface area contributed by atoms with Crippen molar-refractivity contribution < 1.29 is 9.72 Å². The summed E-state index contributed by atoms with van der Waals surface area (Å²) in [6.07, 6.45) is 2.58. The molecule has 3 aromatic rings. The lowest BCUT2D eigenvalue weighted by Crippen LogP contribution is -2.27. The molecule has 0 spiro atoms. The lowest BCUT2D eigenvalue weighted by molar-refractivity contribution is -0.384. The molecular weight excluding hydrogens is 346 g/mol. The van der Waals surface area contributed by atoms with Crippen LogP contribution in [0.4, 0.5) is 11.4 Å². The van der Waals surface area contributed by atoms with Crippen LogP contribution in [0.5, 0.6) is 0 Å². The second kappa shape index (κ2) is 7.86. The third-order valence-electron chi connectivity index (χ3n) is 4.22. The zero-order valence-corrected chi connectivity index (χ0v) is 15.2. The predicted molar refractivity (Wildman–Crippen MR) is 103 cm³/mol. The van der Waals surface area contributed by atoms with Crippen molar-refractivity contribution in [3.8, 4) is 0 Å². The second-order valence-corrected chi connectivity index (χ2v) is 6.32. The van der Waals surface area contributed by atoms with E-state index in [0.717, 1.165) is 23.3 Å². The van der Waals surface area contributed by atoms with Crippen LogP contribution < -0.4 is 10.6 Å². The van der Waals surface area contributed by atoms with Crippen molar-refractivity contribution >= 4 is 22.9 Å². The first-order valence-corrected chi connectivity index (χ1v) is 8.67. The van der Waals surface area contributed by atoms with Crippen molar-refractivity contribution in [1.29, 1.82) is 0 Å². The van der Waals surface area contributed by atoms with Gasteiger partial charge in [-0.05, 0) is 50.1 Å². The molecule has 0 atom stereocenters. The van der Waals surface area contributed by atoms with E-state index >= 15 is 0 Å². The summed E-state index contributed by atoms with van der Waals surface area (Å²) < 4.78 is 1.80. The number of carbonyl (C=O) groups excluding carboxylic acids is 1. The number of amides is 1. The molecular formula is C19H21N5O3. The average Bonchev–Trinajstić information content (AvgIpc) is 2.96. The fraction of sp³-hybridized carbons (Fsp3) is 0.263. The van der Waals surface area contributed by atoms with E-state index in [-0.39, 0.29) is 11.6 Å². The first-order chi connectivity index (χ1) is 13.0. The highest BCUT2D eigenvalue weighted by atomic mass is 16.6. The highest BCUT2D eigenvalue weighted by Gasteiger charge is 2.15. The molecule has 3 rings (SSSR count). The Kier molecular flexibility index (Phi) is 5.35. The lowest BCUT2D eigenvalue weighted by Gasteiger charge is -2.08. The monoisotopic (exact) mass is 367 g/mol. The molecule has 140 valence electrons. The summed E-state index contributed by atoms with van der Waals surface area (Å²) in [5.74, 6) is -0.154. The molecule has 0 aliphatic rings. The Morgan fingerprint density at radius 1 is 1.19 bits per heavy atom. The standard InChI is InChI=1S/C19H21N5O3/c1-13-8-11-23-17(12-13)22-14(2)18(23)19(25)21-10-3-9-20-15-4-6-16(7-5-15)24(26)27/h4-8,11-12,20H,3,9-10H2,1-2H3,(H,21,25). The maximum Gasteiger partial charge on any atom is 0.270 e. The Hall–Kier alpha value is -3.42. The van der Waals surface area contributed by atoms with Gasteiger partial charge in [-0.25, -0.2) is 4.98 Å². The summed E-state index contributed by atoms with van der Waals surface area (Å²) >= 11 is 0. The number of non-ortho nitro benzene ring substituents is 1. The number of pyridine rings is 1. The van der Waals surface area contributed by atoms with Crippen LogP contribution in [0.3, 0.4) is 0 Å². The van der Waals surface area contributed by atoms with Gasteiger partial charge in [-0.15, -0.1) is 0 Å². The number of nitro benzene ring substituents is 1. The molecule has 0 radical (unpaired) electrons. The van der Waals surface area contributed by atoms with Crippen LogP contribution in [0.25, 0.3) is 5.65 Å². The van der Waals surface area contributed by atoms with Gasteiger partial charge in [0, 0.05) is 37.1 Å². The molecule has 0 saturated carbocycles. The number of aromatic nitrogens is 2. The summed E-state index contributed by atoms with van der Waals surface area (Å²) in [7, 11) is 0. The average molecular weight is 367 g/mol. The number of benzene rings is 1. The van der Waals surface area contributed by atoms with Crippen LogP contribution in [0, 0.1) is 24.0 Å². The number of fused-ring (bicyclic) bond motifs is 1. The van der Waals surface area contributed by atoms with Crippen LogP contribution in [0.15, 0.2) is 42.6 Å². The second-order valence-electron chi connectivity index (χ2n) is 6.32. The third-order valence-corrected chi connectivity index (χ3v) is 4.22. The number of anilines is 1. The summed E-state index contributed by atoms with van der Waals surface area (Å²) in [6.45, 7) is 4.97. The van der Waals surface area contributed by atoms with Gasteiger partial charge < -0.3 is 10.6 Å². The van der Waals surface area contributed by atoms with Crippen molar-refractivity contribution in [3.05, 3.63) is 69.7 Å². The normalized spacial score (nSPS) is 10.7. The van der Waals surface area contributed by atoms with Gasteiger partial charge in [0.05, 0.1) is 10.6 Å². The highest BCUT2D eigenvalue weighted by molar-refractivity contribution is 5.94. The Bertz CT molecular complexity index is 979. The number of imidazole rings is 1. The largest absolute Gasteiger partial charge is 0.385 e. The number of carbonyl (C=O) groups is 1. The van der Waals surface area contributed by atoms with Gasteiger partial charge in [0.25, 0.3) is 11.6 Å². The zero-order valence-electron chi connectivity index (χ0n) is 15.2. The van der Waals surface area contributed by atoms with Crippen molar-refractivity contribution in [2.45, 2.75) is 20.3 Å². The smallest absolute Gasteiger partial charge is 0.270 e. The van der Waals surface area contributed by atoms with Gasteiger partial charge in [-0.3, -0.25) is 19.3 Å². The Labute approximate surface area is 156 Å². The van der Waals surface area contributed by atoms with Crippen LogP contribution in [-0.4, -0.2) is 33.3 Å². The summed E-state index contributed by atoms with van der Waals surface area (Å²) in [5, 5.41) is 16.7. The van der Waals surface area contributed by atoms with Crippen molar-refractivity contribution in [2.24, 2.45) is 0 Å². The highest BCUT2D eigenvalue weighted by Crippen LogP contribution is 2.15. The van der Waals surface area contributed by atoms with E-state index in [0.29, 0.717) is 24.5 Å². The SMILES string of the molecule is Cc1ccn2c(C(=O)NCCCNc3ccc([N+](=O)[O-])cc3)c(C)nc2c1. The number of nitro groups is 1. The van der Waals surface area contributed by atoms with Gasteiger partial charge >= 0.3 is 0 Å². The van der Waals surface area contributed by atoms with Crippen molar-refractivity contribution in [2.75, 3.05) is 18.4 Å². The number of hydrogen-bond acceptors (Lipinski definition) is 5. The lowest BCUT2D eigenvalue weighted by atomic mass is 10.2. The maximum absolute atomic E-state index is 12.5. The minimum atomic E-state index is -0.428. The molecule has 0 bridgehead atoms. The minimum Gasteiger partial charge on any atom is -0.385 e. The molecule has 0 fully saturated rings. The van der Waals surface area contributed by atoms with Crippen LogP contribution >= 0.6 is 0 Å². The molecule has 1 amide bonds. The molecule has 0 aliphatic heterocycles. The van der Waals surface area contributed by atoms with E-state index in [2.05, 4.69) is 15.6 Å². The zero-order chi connectivity index (χ0) is 19.4. The van der Waals surface area contributed by atoms with Crippen molar-refractivity contribution in [1.82, 2.24) is 14.7 Å². The molecule has 8 nitrogen and oxygen atoms in total. The molecule has 0 saturated heterocycles. The van der Waals surface area contributed by atoms with Crippen LogP contribution in [-0.2, 0) is 0 Å². The predicted octanol–water partition coefficient (Wildman–Crippen LogP) is 3.09.